The molecule has 0 saturated carbocycles. The number of phenols is 1. The van der Waals surface area contributed by atoms with Crippen LogP contribution < -0.4 is 4.74 Å². The van der Waals surface area contributed by atoms with Gasteiger partial charge in [-0.2, -0.15) is 4.98 Å². The van der Waals surface area contributed by atoms with Crippen molar-refractivity contribution in [3.05, 3.63) is 48.1 Å². The van der Waals surface area contributed by atoms with Gasteiger partial charge in [-0.15, -0.1) is 0 Å². The number of ether oxygens (including phenoxy) is 1. The van der Waals surface area contributed by atoms with Crippen molar-refractivity contribution in [2.45, 2.75) is 26.4 Å². The van der Waals surface area contributed by atoms with Gasteiger partial charge in [-0.05, 0) is 35.0 Å². The van der Waals surface area contributed by atoms with Crippen LogP contribution in [0.2, 0.25) is 0 Å². The van der Waals surface area contributed by atoms with Crippen LogP contribution in [0.4, 0.5) is 0 Å². The van der Waals surface area contributed by atoms with Crippen LogP contribution >= 0.6 is 0 Å². The van der Waals surface area contributed by atoms with E-state index in [1.54, 1.807) is 12.1 Å². The summed E-state index contributed by atoms with van der Waals surface area (Å²) in [4.78, 5) is 4.26. The monoisotopic (exact) mass is 284 g/mol. The molecule has 108 valence electrons. The van der Waals surface area contributed by atoms with Gasteiger partial charge in [0.25, 0.3) is 0 Å². The predicted molar refractivity (Wildman–Crippen MR) is 78.3 cm³/mol. The molecule has 0 saturated heterocycles. The summed E-state index contributed by atoms with van der Waals surface area (Å²) in [6.07, 6.45) is 0. The van der Waals surface area contributed by atoms with Crippen molar-refractivity contribution in [2.75, 3.05) is 0 Å². The molecule has 0 aliphatic carbocycles. The number of fused-ring (bicyclic) bond motifs is 1. The van der Waals surface area contributed by atoms with Gasteiger partial charge in [0.2, 0.25) is 11.7 Å². The summed E-state index contributed by atoms with van der Waals surface area (Å²) >= 11 is 0. The summed E-state index contributed by atoms with van der Waals surface area (Å²) in [5, 5.41) is 15.4. The molecular weight excluding hydrogens is 268 g/mol. The number of aromatic nitrogens is 2. The minimum absolute atomic E-state index is 0.204. The lowest BCUT2D eigenvalue weighted by Gasteiger charge is -2.05. The fraction of sp³-hybridized carbons (Fsp3) is 0.250. The quantitative estimate of drug-likeness (QED) is 0.792. The third-order valence-corrected chi connectivity index (χ3v) is 3.14. The number of rotatable bonds is 4. The van der Waals surface area contributed by atoms with E-state index in [2.05, 4.69) is 10.1 Å². The van der Waals surface area contributed by atoms with Gasteiger partial charge in [-0.3, -0.25) is 0 Å². The van der Waals surface area contributed by atoms with Crippen molar-refractivity contribution in [1.29, 1.82) is 0 Å². The average Bonchev–Trinajstić information content (AvgIpc) is 2.93. The summed E-state index contributed by atoms with van der Waals surface area (Å²) in [7, 11) is 0. The Bertz CT molecular complexity index is 765. The Balaban J connectivity index is 1.75. The lowest BCUT2D eigenvalue weighted by atomic mass is 10.1. The highest BCUT2D eigenvalue weighted by Crippen LogP contribution is 2.24. The number of hydrogen-bond acceptors (Lipinski definition) is 5. The number of benzene rings is 2. The van der Waals surface area contributed by atoms with E-state index in [4.69, 9.17) is 9.26 Å². The first-order valence-electron chi connectivity index (χ1n) is 6.80. The van der Waals surface area contributed by atoms with Crippen molar-refractivity contribution in [2.24, 2.45) is 0 Å². The molecule has 21 heavy (non-hydrogen) atoms. The Morgan fingerprint density at radius 2 is 1.95 bits per heavy atom. The summed E-state index contributed by atoms with van der Waals surface area (Å²) in [5.74, 6) is 2.27. The van der Waals surface area contributed by atoms with E-state index < -0.39 is 0 Å². The molecule has 2 aromatic carbocycles. The van der Waals surface area contributed by atoms with Crippen LogP contribution in [0.3, 0.4) is 0 Å². The van der Waals surface area contributed by atoms with Gasteiger partial charge in [-0.25, -0.2) is 0 Å². The van der Waals surface area contributed by atoms with Crippen LogP contribution in [-0.2, 0) is 6.61 Å². The molecule has 1 N–H and O–H groups in total. The Hall–Kier alpha value is -2.56. The fourth-order valence-corrected chi connectivity index (χ4v) is 2.01. The molecule has 0 aliphatic heterocycles. The highest BCUT2D eigenvalue weighted by molar-refractivity contribution is 5.85. The van der Waals surface area contributed by atoms with Crippen molar-refractivity contribution in [1.82, 2.24) is 10.1 Å². The van der Waals surface area contributed by atoms with E-state index in [1.807, 2.05) is 38.1 Å². The fourth-order valence-electron chi connectivity index (χ4n) is 2.01. The molecule has 0 aliphatic rings. The minimum Gasteiger partial charge on any atom is -0.508 e. The van der Waals surface area contributed by atoms with Crippen LogP contribution in [0, 0.1) is 0 Å². The van der Waals surface area contributed by atoms with E-state index in [-0.39, 0.29) is 18.3 Å². The van der Waals surface area contributed by atoms with E-state index >= 15 is 0 Å². The molecule has 1 heterocycles. The van der Waals surface area contributed by atoms with E-state index in [9.17, 15) is 5.11 Å². The van der Waals surface area contributed by atoms with Gasteiger partial charge in [-0.1, -0.05) is 31.1 Å². The van der Waals surface area contributed by atoms with Crippen molar-refractivity contribution in [3.8, 4) is 11.5 Å². The maximum Gasteiger partial charge on any atom is 0.229 e. The summed E-state index contributed by atoms with van der Waals surface area (Å²) in [6.45, 7) is 4.24. The molecule has 0 amide bonds. The first-order chi connectivity index (χ1) is 10.1. The number of aromatic hydroxyl groups is 1. The van der Waals surface area contributed by atoms with Crippen LogP contribution in [0.25, 0.3) is 10.8 Å². The third-order valence-electron chi connectivity index (χ3n) is 3.14. The second-order valence-corrected chi connectivity index (χ2v) is 5.19. The van der Waals surface area contributed by atoms with Gasteiger partial charge >= 0.3 is 0 Å². The molecule has 5 nitrogen and oxygen atoms in total. The highest BCUT2D eigenvalue weighted by Gasteiger charge is 2.10. The topological polar surface area (TPSA) is 68.4 Å². The summed E-state index contributed by atoms with van der Waals surface area (Å²) in [6, 6.07) is 10.9. The van der Waals surface area contributed by atoms with E-state index in [0.717, 1.165) is 10.8 Å². The van der Waals surface area contributed by atoms with Crippen molar-refractivity contribution >= 4 is 10.8 Å². The maximum absolute atomic E-state index is 9.51. The van der Waals surface area contributed by atoms with Gasteiger partial charge < -0.3 is 14.4 Å². The highest BCUT2D eigenvalue weighted by atomic mass is 16.5. The standard InChI is InChI=1S/C16H16N2O3/c1-10(2)16-17-15(18-21-16)9-20-14-6-4-11-3-5-13(19)7-12(11)8-14/h3-8,10,19H,9H2,1-2H3. The minimum atomic E-state index is 0.204. The molecule has 0 atom stereocenters. The number of nitrogens with zero attached hydrogens (tertiary/aromatic N) is 2. The van der Waals surface area contributed by atoms with Crippen LogP contribution in [-0.4, -0.2) is 15.2 Å². The van der Waals surface area contributed by atoms with E-state index in [1.165, 1.54) is 0 Å². The second kappa shape index (κ2) is 5.44. The molecule has 0 spiro atoms. The van der Waals surface area contributed by atoms with Crippen molar-refractivity contribution in [3.63, 3.8) is 0 Å². The Labute approximate surface area is 122 Å². The first kappa shape index (κ1) is 13.4. The largest absolute Gasteiger partial charge is 0.508 e. The molecule has 0 unspecified atom stereocenters. The average molecular weight is 284 g/mol. The molecule has 5 heteroatoms. The van der Waals surface area contributed by atoms with Gasteiger partial charge in [0.1, 0.15) is 11.5 Å². The maximum atomic E-state index is 9.51. The van der Waals surface area contributed by atoms with Crippen LogP contribution in [0.15, 0.2) is 40.9 Å². The van der Waals surface area contributed by atoms with E-state index in [0.29, 0.717) is 17.5 Å². The SMILES string of the molecule is CC(C)c1nc(COc2ccc3ccc(O)cc3c2)no1. The molecule has 3 aromatic rings. The molecule has 3 rings (SSSR count). The molecule has 0 bridgehead atoms. The van der Waals surface area contributed by atoms with Crippen LogP contribution in [0.1, 0.15) is 31.5 Å². The lowest BCUT2D eigenvalue weighted by molar-refractivity contribution is 0.284. The zero-order valence-corrected chi connectivity index (χ0v) is 11.9. The zero-order valence-electron chi connectivity index (χ0n) is 11.9. The Morgan fingerprint density at radius 1 is 1.14 bits per heavy atom. The number of phenolic OH excluding ortho intramolecular Hbond substituents is 1. The van der Waals surface area contributed by atoms with Crippen molar-refractivity contribution < 1.29 is 14.4 Å². The normalized spacial score (nSPS) is 11.2. The van der Waals surface area contributed by atoms with Gasteiger partial charge in [0.15, 0.2) is 6.61 Å². The lowest BCUT2D eigenvalue weighted by Crippen LogP contribution is -1.98. The Kier molecular flexibility index (Phi) is 3.48. The summed E-state index contributed by atoms with van der Waals surface area (Å²) < 4.78 is 10.8. The molecule has 1 aromatic heterocycles. The Morgan fingerprint density at radius 3 is 2.71 bits per heavy atom. The second-order valence-electron chi connectivity index (χ2n) is 5.19. The third kappa shape index (κ3) is 2.97. The first-order valence-corrected chi connectivity index (χ1v) is 6.80. The van der Waals surface area contributed by atoms with Gasteiger partial charge in [0, 0.05) is 5.92 Å². The smallest absolute Gasteiger partial charge is 0.229 e. The van der Waals surface area contributed by atoms with Crippen LogP contribution in [0.5, 0.6) is 11.5 Å². The predicted octanol–water partition coefficient (Wildman–Crippen LogP) is 3.63. The molecular formula is C16H16N2O3. The number of hydrogen-bond donors (Lipinski definition) is 1. The molecule has 0 radical (unpaired) electrons. The molecule has 0 fully saturated rings. The van der Waals surface area contributed by atoms with Gasteiger partial charge in [0.05, 0.1) is 0 Å². The summed E-state index contributed by atoms with van der Waals surface area (Å²) in [5.41, 5.74) is 0. The zero-order chi connectivity index (χ0) is 14.8.